The number of nitrogens with zero attached hydrogens (tertiary/aromatic N) is 1. The third kappa shape index (κ3) is 2.70. The van der Waals surface area contributed by atoms with E-state index >= 15 is 0 Å². The molecule has 0 unspecified atom stereocenters. The lowest BCUT2D eigenvalue weighted by molar-refractivity contribution is 0.630. The zero-order valence-corrected chi connectivity index (χ0v) is 10.6. The summed E-state index contributed by atoms with van der Waals surface area (Å²) in [6.45, 7) is 2.64. The molecule has 0 radical (unpaired) electrons. The van der Waals surface area contributed by atoms with Crippen LogP contribution in [-0.2, 0) is 6.42 Å². The highest BCUT2D eigenvalue weighted by molar-refractivity contribution is 7.12. The molecule has 90 valence electrons. The maximum atomic E-state index is 13.7. The molecular weight excluding hydrogens is 235 g/mol. The van der Waals surface area contributed by atoms with Gasteiger partial charge in [-0.1, -0.05) is 12.1 Å². The number of thiazole rings is 1. The van der Waals surface area contributed by atoms with Gasteiger partial charge in [-0.05, 0) is 32.0 Å². The number of nitrogens with two attached hydrogens (primary N) is 1. The van der Waals surface area contributed by atoms with Gasteiger partial charge in [0, 0.05) is 16.9 Å². The van der Waals surface area contributed by atoms with Gasteiger partial charge in [0.15, 0.2) is 0 Å². The lowest BCUT2D eigenvalue weighted by Crippen LogP contribution is -1.99. The minimum atomic E-state index is -0.216. The summed E-state index contributed by atoms with van der Waals surface area (Å²) in [5, 5.41) is 1.03. The average Bonchev–Trinajstić information content (AvgIpc) is 2.68. The monoisotopic (exact) mass is 250 g/mol. The predicted octanol–water partition coefficient (Wildman–Crippen LogP) is 3.15. The summed E-state index contributed by atoms with van der Waals surface area (Å²) < 4.78 is 13.7. The molecule has 2 N–H and O–H groups in total. The summed E-state index contributed by atoms with van der Waals surface area (Å²) in [6.07, 6.45) is 1.79. The van der Waals surface area contributed by atoms with Crippen molar-refractivity contribution in [1.82, 2.24) is 4.98 Å². The first kappa shape index (κ1) is 12.2. The average molecular weight is 250 g/mol. The van der Waals surface area contributed by atoms with Gasteiger partial charge in [-0.25, -0.2) is 9.37 Å². The molecular formula is C13H15FN2S. The summed E-state index contributed by atoms with van der Waals surface area (Å²) in [5.74, 6) is -0.216. The summed E-state index contributed by atoms with van der Waals surface area (Å²) >= 11 is 1.62. The van der Waals surface area contributed by atoms with Crippen molar-refractivity contribution >= 4 is 11.3 Å². The van der Waals surface area contributed by atoms with Crippen molar-refractivity contribution in [2.24, 2.45) is 5.73 Å². The summed E-state index contributed by atoms with van der Waals surface area (Å²) in [6, 6.07) is 6.75. The molecule has 0 aliphatic heterocycles. The normalized spacial score (nSPS) is 10.8. The third-order valence-electron chi connectivity index (χ3n) is 2.56. The number of rotatable bonds is 4. The molecule has 2 aromatic rings. The van der Waals surface area contributed by atoms with Crippen LogP contribution in [0.4, 0.5) is 4.39 Å². The highest BCUT2D eigenvalue weighted by Gasteiger charge is 2.12. The van der Waals surface area contributed by atoms with Crippen molar-refractivity contribution in [2.45, 2.75) is 19.8 Å². The molecule has 2 rings (SSSR count). The molecule has 0 aliphatic carbocycles. The largest absolute Gasteiger partial charge is 0.330 e. The maximum Gasteiger partial charge on any atom is 0.132 e. The van der Waals surface area contributed by atoms with Gasteiger partial charge in [0.25, 0.3) is 0 Å². The van der Waals surface area contributed by atoms with Crippen LogP contribution in [0.3, 0.4) is 0 Å². The van der Waals surface area contributed by atoms with Crippen LogP contribution in [0.2, 0.25) is 0 Å². The Morgan fingerprint density at radius 1 is 1.35 bits per heavy atom. The van der Waals surface area contributed by atoms with E-state index in [2.05, 4.69) is 4.98 Å². The number of benzene rings is 1. The van der Waals surface area contributed by atoms with Crippen LogP contribution >= 0.6 is 11.3 Å². The van der Waals surface area contributed by atoms with Gasteiger partial charge in [-0.3, -0.25) is 0 Å². The third-order valence-corrected chi connectivity index (χ3v) is 3.60. The quantitative estimate of drug-likeness (QED) is 0.905. The Morgan fingerprint density at radius 3 is 2.82 bits per heavy atom. The van der Waals surface area contributed by atoms with E-state index < -0.39 is 0 Å². The van der Waals surface area contributed by atoms with Crippen LogP contribution in [0, 0.1) is 12.7 Å². The van der Waals surface area contributed by atoms with E-state index in [1.165, 1.54) is 6.07 Å². The summed E-state index contributed by atoms with van der Waals surface area (Å²) in [4.78, 5) is 5.56. The van der Waals surface area contributed by atoms with Crippen LogP contribution in [0.25, 0.3) is 11.3 Å². The van der Waals surface area contributed by atoms with Crippen LogP contribution in [0.5, 0.6) is 0 Å². The first-order chi connectivity index (χ1) is 8.22. The van der Waals surface area contributed by atoms with Crippen molar-refractivity contribution in [3.8, 4) is 11.3 Å². The smallest absolute Gasteiger partial charge is 0.132 e. The maximum absolute atomic E-state index is 13.7. The van der Waals surface area contributed by atoms with Gasteiger partial charge in [-0.15, -0.1) is 11.3 Å². The predicted molar refractivity (Wildman–Crippen MR) is 69.6 cm³/mol. The van der Waals surface area contributed by atoms with Crippen molar-refractivity contribution < 1.29 is 4.39 Å². The molecule has 1 aromatic carbocycles. The van der Waals surface area contributed by atoms with Crippen LogP contribution in [0.1, 0.15) is 16.3 Å². The molecule has 2 nitrogen and oxygen atoms in total. The first-order valence-electron chi connectivity index (χ1n) is 5.63. The van der Waals surface area contributed by atoms with Crippen molar-refractivity contribution in [1.29, 1.82) is 0 Å². The van der Waals surface area contributed by atoms with Crippen LogP contribution in [-0.4, -0.2) is 11.5 Å². The van der Waals surface area contributed by atoms with Gasteiger partial charge < -0.3 is 5.73 Å². The Labute approximate surface area is 104 Å². The highest BCUT2D eigenvalue weighted by atomic mass is 32.1. The Morgan fingerprint density at radius 2 is 2.12 bits per heavy atom. The second-order valence-electron chi connectivity index (χ2n) is 3.88. The fraction of sp³-hybridized carbons (Fsp3) is 0.308. The molecule has 1 heterocycles. The first-order valence-corrected chi connectivity index (χ1v) is 6.45. The van der Waals surface area contributed by atoms with Crippen molar-refractivity contribution in [2.75, 3.05) is 6.54 Å². The van der Waals surface area contributed by atoms with E-state index in [9.17, 15) is 4.39 Å². The van der Waals surface area contributed by atoms with E-state index in [4.69, 9.17) is 5.73 Å². The summed E-state index contributed by atoms with van der Waals surface area (Å²) in [5.41, 5.74) is 6.82. The number of aryl methyl sites for hydroxylation is 2. The van der Waals surface area contributed by atoms with Gasteiger partial charge in [-0.2, -0.15) is 0 Å². The number of aromatic nitrogens is 1. The Balaban J connectivity index is 2.33. The minimum Gasteiger partial charge on any atom is -0.330 e. The number of hydrogen-bond acceptors (Lipinski definition) is 3. The van der Waals surface area contributed by atoms with Crippen LogP contribution in [0.15, 0.2) is 24.3 Å². The number of hydrogen-bond donors (Lipinski definition) is 1. The zero-order chi connectivity index (χ0) is 12.3. The van der Waals surface area contributed by atoms with Crippen molar-refractivity contribution in [3.05, 3.63) is 40.0 Å². The van der Waals surface area contributed by atoms with Gasteiger partial charge in [0.05, 0.1) is 10.7 Å². The van der Waals surface area contributed by atoms with E-state index in [0.717, 1.165) is 28.4 Å². The molecule has 0 aliphatic rings. The van der Waals surface area contributed by atoms with Crippen LogP contribution < -0.4 is 5.73 Å². The van der Waals surface area contributed by atoms with Gasteiger partial charge in [0.2, 0.25) is 0 Å². The van der Waals surface area contributed by atoms with E-state index in [-0.39, 0.29) is 5.82 Å². The molecule has 0 fully saturated rings. The molecule has 0 amide bonds. The van der Waals surface area contributed by atoms with E-state index in [0.29, 0.717) is 12.1 Å². The Bertz CT molecular complexity index is 508. The lowest BCUT2D eigenvalue weighted by atomic mass is 10.1. The SMILES string of the molecule is Cc1sc(CCCN)nc1-c1ccccc1F. The molecule has 4 heteroatoms. The van der Waals surface area contributed by atoms with E-state index in [1.807, 2.05) is 13.0 Å². The summed E-state index contributed by atoms with van der Waals surface area (Å²) in [7, 11) is 0. The second kappa shape index (κ2) is 5.38. The highest BCUT2D eigenvalue weighted by Crippen LogP contribution is 2.29. The molecule has 1 aromatic heterocycles. The molecule has 17 heavy (non-hydrogen) atoms. The molecule has 0 saturated carbocycles. The Kier molecular flexibility index (Phi) is 3.86. The Hall–Kier alpha value is -1.26. The zero-order valence-electron chi connectivity index (χ0n) is 9.74. The van der Waals surface area contributed by atoms with Gasteiger partial charge >= 0.3 is 0 Å². The van der Waals surface area contributed by atoms with Crippen molar-refractivity contribution in [3.63, 3.8) is 0 Å². The fourth-order valence-corrected chi connectivity index (χ4v) is 2.70. The topological polar surface area (TPSA) is 38.9 Å². The molecule has 0 bridgehead atoms. The molecule has 0 atom stereocenters. The second-order valence-corrected chi connectivity index (χ2v) is 5.17. The van der Waals surface area contributed by atoms with Gasteiger partial charge in [0.1, 0.15) is 5.82 Å². The lowest BCUT2D eigenvalue weighted by Gasteiger charge is -1.99. The fourth-order valence-electron chi connectivity index (χ4n) is 1.71. The molecule has 0 spiro atoms. The van der Waals surface area contributed by atoms with E-state index in [1.54, 1.807) is 23.5 Å². The minimum absolute atomic E-state index is 0.216. The number of halogens is 1. The molecule has 0 saturated heterocycles. The standard InChI is InChI=1S/C13H15FN2S/c1-9-13(10-5-2-3-6-11(10)14)16-12(17-9)7-4-8-15/h2-3,5-6H,4,7-8,15H2,1H3.